The number of aromatic nitrogens is 2. The van der Waals surface area contributed by atoms with Gasteiger partial charge < -0.3 is 9.30 Å². The van der Waals surface area contributed by atoms with Gasteiger partial charge in [-0.3, -0.25) is 4.90 Å². The van der Waals surface area contributed by atoms with E-state index in [0.717, 1.165) is 72.5 Å². The largest absolute Gasteiger partial charge is 0.352 e. The zero-order valence-electron chi connectivity index (χ0n) is 20.7. The molecule has 1 aliphatic rings. The number of rotatable bonds is 7. The Morgan fingerprint density at radius 2 is 1.32 bits per heavy atom. The third-order valence-corrected chi connectivity index (χ3v) is 8.03. The first-order valence-corrected chi connectivity index (χ1v) is 13.8. The first kappa shape index (κ1) is 24.3. The summed E-state index contributed by atoms with van der Waals surface area (Å²) in [5.41, 5.74) is 5.98. The van der Waals surface area contributed by atoms with Crippen LogP contribution >= 0.6 is 23.2 Å². The fourth-order valence-electron chi connectivity index (χ4n) is 5.56. The van der Waals surface area contributed by atoms with Gasteiger partial charge in [0.15, 0.2) is 5.82 Å². The number of hydrogen-bond donors (Lipinski definition) is 0. The maximum absolute atomic E-state index is 6.17. The van der Waals surface area contributed by atoms with Crippen LogP contribution < -0.4 is 4.90 Å². The van der Waals surface area contributed by atoms with Gasteiger partial charge in [0.2, 0.25) is 0 Å². The number of hydrogen-bond acceptors (Lipinski definition) is 3. The molecule has 0 spiro atoms. The molecular weight excluding hydrogens is 499 g/mol. The van der Waals surface area contributed by atoms with Crippen LogP contribution in [0.1, 0.15) is 29.9 Å². The molecule has 4 nitrogen and oxygen atoms in total. The smallest absolute Gasteiger partial charge is 0.153 e. The van der Waals surface area contributed by atoms with E-state index in [1.54, 1.807) is 0 Å². The second-order valence-electron chi connectivity index (χ2n) is 9.81. The van der Waals surface area contributed by atoms with Gasteiger partial charge in [-0.25, -0.2) is 4.98 Å². The van der Waals surface area contributed by atoms with Crippen molar-refractivity contribution in [3.63, 3.8) is 0 Å². The molecule has 6 heteroatoms. The van der Waals surface area contributed by atoms with Crippen LogP contribution in [0.5, 0.6) is 0 Å². The first-order valence-electron chi connectivity index (χ1n) is 13.0. The monoisotopic (exact) mass is 528 g/mol. The van der Waals surface area contributed by atoms with Crippen molar-refractivity contribution >= 4 is 45.6 Å². The van der Waals surface area contributed by atoms with E-state index >= 15 is 0 Å². The average Bonchev–Trinajstić information content (AvgIpc) is 3.43. The lowest BCUT2D eigenvalue weighted by atomic mass is 9.87. The molecule has 188 valence electrons. The molecule has 2 aromatic heterocycles. The summed E-state index contributed by atoms with van der Waals surface area (Å²) in [6.07, 6.45) is 4.35. The minimum Gasteiger partial charge on any atom is -0.352 e. The Labute approximate surface area is 228 Å². The summed E-state index contributed by atoms with van der Waals surface area (Å²) in [6, 6.07) is 29.2. The standard InChI is InChI=1S/C31H30Cl2N4/c32-25-13-9-23(10-14-25)27(24-11-15-26(33)16-12-24)5-3-17-35-19-21-36(22-20-35)31-30-8-4-18-37(30)29-7-2-1-6-28(29)34-31/h1-2,4,6-16,18,27H,3,5,17,19-22H2. The zero-order chi connectivity index (χ0) is 25.2. The molecule has 0 saturated carbocycles. The molecule has 6 rings (SSSR count). The van der Waals surface area contributed by atoms with Crippen LogP contribution in [0.15, 0.2) is 91.1 Å². The second kappa shape index (κ2) is 10.7. The van der Waals surface area contributed by atoms with Crippen LogP contribution in [0.4, 0.5) is 5.82 Å². The highest BCUT2D eigenvalue weighted by Crippen LogP contribution is 2.31. The number of nitrogens with zero attached hydrogens (tertiary/aromatic N) is 4. The van der Waals surface area contributed by atoms with Gasteiger partial charge >= 0.3 is 0 Å². The van der Waals surface area contributed by atoms with Gasteiger partial charge in [-0.15, -0.1) is 0 Å². The van der Waals surface area contributed by atoms with Gasteiger partial charge in [0, 0.05) is 48.3 Å². The summed E-state index contributed by atoms with van der Waals surface area (Å²) in [5.74, 6) is 1.43. The van der Waals surface area contributed by atoms with Gasteiger partial charge in [-0.1, -0.05) is 59.6 Å². The van der Waals surface area contributed by atoms with Crippen LogP contribution in [-0.2, 0) is 0 Å². The van der Waals surface area contributed by atoms with Gasteiger partial charge in [-0.2, -0.15) is 0 Å². The Morgan fingerprint density at radius 1 is 0.703 bits per heavy atom. The number of benzene rings is 3. The van der Waals surface area contributed by atoms with Crippen molar-refractivity contribution < 1.29 is 0 Å². The van der Waals surface area contributed by atoms with E-state index in [1.165, 1.54) is 16.6 Å². The number of anilines is 1. The summed E-state index contributed by atoms with van der Waals surface area (Å²) in [5, 5.41) is 1.55. The summed E-state index contributed by atoms with van der Waals surface area (Å²) in [6.45, 7) is 5.17. The number of fused-ring (bicyclic) bond motifs is 3. The van der Waals surface area contributed by atoms with Gasteiger partial charge in [0.05, 0.1) is 16.6 Å². The molecular formula is C31H30Cl2N4. The highest BCUT2D eigenvalue weighted by atomic mass is 35.5. The highest BCUT2D eigenvalue weighted by molar-refractivity contribution is 6.30. The van der Waals surface area contributed by atoms with Crippen LogP contribution in [0.25, 0.3) is 16.6 Å². The lowest BCUT2D eigenvalue weighted by molar-refractivity contribution is 0.251. The third kappa shape index (κ3) is 5.19. The Hall–Kier alpha value is -3.05. The van der Waals surface area contributed by atoms with E-state index in [2.05, 4.69) is 81.1 Å². The van der Waals surface area contributed by atoms with Crippen molar-refractivity contribution in [2.75, 3.05) is 37.6 Å². The molecule has 0 radical (unpaired) electrons. The SMILES string of the molecule is Clc1ccc(C(CCCN2CCN(c3nc4ccccc4n4cccc34)CC2)c2ccc(Cl)cc2)cc1. The molecule has 1 aliphatic heterocycles. The lowest BCUT2D eigenvalue weighted by Crippen LogP contribution is -2.47. The van der Waals surface area contributed by atoms with Gasteiger partial charge in [0.1, 0.15) is 0 Å². The van der Waals surface area contributed by atoms with E-state index < -0.39 is 0 Å². The predicted octanol–water partition coefficient (Wildman–Crippen LogP) is 7.53. The number of piperazine rings is 1. The molecule has 37 heavy (non-hydrogen) atoms. The van der Waals surface area contributed by atoms with E-state index in [4.69, 9.17) is 28.2 Å². The second-order valence-corrected chi connectivity index (χ2v) is 10.7. The van der Waals surface area contributed by atoms with E-state index in [9.17, 15) is 0 Å². The molecule has 5 aromatic rings. The molecule has 0 N–H and O–H groups in total. The lowest BCUT2D eigenvalue weighted by Gasteiger charge is -2.36. The first-order chi connectivity index (χ1) is 18.2. The normalized spacial score (nSPS) is 14.7. The van der Waals surface area contributed by atoms with Crippen molar-refractivity contribution in [1.29, 1.82) is 0 Å². The van der Waals surface area contributed by atoms with E-state index in [1.807, 2.05) is 24.3 Å². The Kier molecular flexibility index (Phi) is 7.06. The maximum atomic E-state index is 6.17. The Morgan fingerprint density at radius 3 is 2.00 bits per heavy atom. The molecule has 0 aliphatic carbocycles. The van der Waals surface area contributed by atoms with Gasteiger partial charge in [-0.05, 0) is 79.0 Å². The summed E-state index contributed by atoms with van der Waals surface area (Å²) >= 11 is 12.3. The van der Waals surface area contributed by atoms with Crippen molar-refractivity contribution in [3.8, 4) is 0 Å². The van der Waals surface area contributed by atoms with Crippen molar-refractivity contribution in [3.05, 3.63) is 112 Å². The quantitative estimate of drug-likeness (QED) is 0.218. The zero-order valence-corrected chi connectivity index (χ0v) is 22.2. The molecule has 0 atom stereocenters. The van der Waals surface area contributed by atoms with E-state index in [-0.39, 0.29) is 0 Å². The minimum absolute atomic E-state index is 0.334. The van der Waals surface area contributed by atoms with Crippen molar-refractivity contribution in [1.82, 2.24) is 14.3 Å². The molecule has 3 heterocycles. The summed E-state index contributed by atoms with van der Waals surface area (Å²) in [4.78, 5) is 10.1. The topological polar surface area (TPSA) is 23.8 Å². The number of halogens is 2. The molecule has 0 amide bonds. The Bertz CT molecular complexity index is 1440. The molecule has 1 fully saturated rings. The minimum atomic E-state index is 0.334. The summed E-state index contributed by atoms with van der Waals surface area (Å²) in [7, 11) is 0. The predicted molar refractivity (Wildman–Crippen MR) is 155 cm³/mol. The van der Waals surface area contributed by atoms with E-state index in [0.29, 0.717) is 5.92 Å². The van der Waals surface area contributed by atoms with Crippen LogP contribution in [0.3, 0.4) is 0 Å². The fraction of sp³-hybridized carbons (Fsp3) is 0.258. The Balaban J connectivity index is 1.11. The molecule has 1 saturated heterocycles. The molecule has 3 aromatic carbocycles. The maximum Gasteiger partial charge on any atom is 0.153 e. The fourth-order valence-corrected chi connectivity index (χ4v) is 5.81. The van der Waals surface area contributed by atoms with Gasteiger partial charge in [0.25, 0.3) is 0 Å². The third-order valence-electron chi connectivity index (χ3n) is 7.53. The van der Waals surface area contributed by atoms with Crippen LogP contribution in [0.2, 0.25) is 10.0 Å². The molecule has 0 unspecified atom stereocenters. The van der Waals surface area contributed by atoms with Crippen molar-refractivity contribution in [2.24, 2.45) is 0 Å². The average molecular weight is 530 g/mol. The number of para-hydroxylation sites is 2. The summed E-state index contributed by atoms with van der Waals surface area (Å²) < 4.78 is 2.26. The van der Waals surface area contributed by atoms with Crippen molar-refractivity contribution in [2.45, 2.75) is 18.8 Å². The van der Waals surface area contributed by atoms with Crippen LogP contribution in [-0.4, -0.2) is 47.0 Å². The van der Waals surface area contributed by atoms with Crippen LogP contribution in [0, 0.1) is 0 Å². The highest BCUT2D eigenvalue weighted by Gasteiger charge is 2.22. The molecule has 0 bridgehead atoms.